The van der Waals surface area contributed by atoms with Gasteiger partial charge in [-0.3, -0.25) is 9.63 Å². The van der Waals surface area contributed by atoms with Crippen LogP contribution in [0.25, 0.3) is 32.6 Å². The van der Waals surface area contributed by atoms with E-state index in [1.54, 1.807) is 41.1 Å². The molecule has 0 saturated heterocycles. The number of hydrogen-bond donors (Lipinski definition) is 2. The molecule has 0 amide bonds. The van der Waals surface area contributed by atoms with Crippen LogP contribution in [0.4, 0.5) is 0 Å². The summed E-state index contributed by atoms with van der Waals surface area (Å²) in [4.78, 5) is 21.6. The minimum Gasteiger partial charge on any atom is -0.508 e. The van der Waals surface area contributed by atoms with Gasteiger partial charge >= 0.3 is 0 Å². The van der Waals surface area contributed by atoms with Gasteiger partial charge in [0, 0.05) is 37.7 Å². The zero-order chi connectivity index (χ0) is 21.7. The second-order valence-electron chi connectivity index (χ2n) is 7.69. The quantitative estimate of drug-likeness (QED) is 0.309. The number of fused-ring (bicyclic) bond motifs is 4. The number of hydrogen-bond acceptors (Lipinski definition) is 3. The number of phenolic OH excluding ortho intramolecular Hbond substituents is 1. The van der Waals surface area contributed by atoms with Crippen LogP contribution in [0.2, 0.25) is 5.02 Å². The first-order valence-corrected chi connectivity index (χ1v) is 10.3. The van der Waals surface area contributed by atoms with Crippen LogP contribution in [0.5, 0.6) is 5.75 Å². The van der Waals surface area contributed by atoms with Gasteiger partial charge in [-0.05, 0) is 72.8 Å². The molecule has 0 atom stereocenters. The second kappa shape index (κ2) is 7.29. The molecule has 0 saturated carbocycles. The number of rotatable bonds is 4. The van der Waals surface area contributed by atoms with Gasteiger partial charge in [0.15, 0.2) is 0 Å². The molecule has 2 aromatic heterocycles. The lowest BCUT2D eigenvalue weighted by Crippen LogP contribution is -2.44. The van der Waals surface area contributed by atoms with E-state index in [2.05, 4.69) is 18.8 Å². The topological polar surface area (TPSA) is 66.2 Å². The predicted molar refractivity (Wildman–Crippen MR) is 122 cm³/mol. The molecule has 0 aliphatic carbocycles. The second-order valence-corrected chi connectivity index (χ2v) is 8.13. The Morgan fingerprint density at radius 3 is 2.58 bits per heavy atom. The number of aromatic amines is 1. The van der Waals surface area contributed by atoms with Crippen molar-refractivity contribution in [3.8, 4) is 5.75 Å². The fourth-order valence-corrected chi connectivity index (χ4v) is 4.28. The summed E-state index contributed by atoms with van der Waals surface area (Å²) in [7, 11) is 0. The van der Waals surface area contributed by atoms with E-state index in [9.17, 15) is 9.90 Å². The Labute approximate surface area is 183 Å². The number of nitrogens with one attached hydrogen (secondary N) is 1. The van der Waals surface area contributed by atoms with Crippen molar-refractivity contribution < 1.29 is 19.5 Å². The number of carbonyl (C=O) groups excluding carboxylic acids is 1. The summed E-state index contributed by atoms with van der Waals surface area (Å²) in [6, 6.07) is 14.1. The number of Topliss-reactive ketones (excluding diaryl/α,β-unsaturated/α-hetero) is 1. The van der Waals surface area contributed by atoms with E-state index in [1.807, 2.05) is 24.5 Å². The molecule has 31 heavy (non-hydrogen) atoms. The lowest BCUT2D eigenvalue weighted by molar-refractivity contribution is -0.888. The summed E-state index contributed by atoms with van der Waals surface area (Å²) in [6.07, 6.45) is 3.71. The van der Waals surface area contributed by atoms with Crippen molar-refractivity contribution in [1.29, 1.82) is 0 Å². The van der Waals surface area contributed by atoms with Crippen molar-refractivity contribution in [3.63, 3.8) is 0 Å². The summed E-state index contributed by atoms with van der Waals surface area (Å²) < 4.78 is 1.57. The Hall–Kier alpha value is -3.57. The fraction of sp³-hybridized carbons (Fsp3) is 0.120. The van der Waals surface area contributed by atoms with Crippen LogP contribution >= 0.6 is 11.6 Å². The summed E-state index contributed by atoms with van der Waals surface area (Å²) in [5.41, 5.74) is 4.79. The number of pyridine rings is 1. The molecule has 0 aliphatic rings. The van der Waals surface area contributed by atoms with Crippen LogP contribution in [-0.4, -0.2) is 22.5 Å². The Kier molecular flexibility index (Phi) is 4.56. The molecule has 0 unspecified atom stereocenters. The Morgan fingerprint density at radius 2 is 1.81 bits per heavy atom. The minimum absolute atomic E-state index is 0.0843. The molecule has 154 valence electrons. The number of aromatic hydroxyl groups is 1. The molecule has 0 aliphatic heterocycles. The van der Waals surface area contributed by atoms with Crippen LogP contribution in [-0.2, 0) is 0 Å². The lowest BCUT2D eigenvalue weighted by Gasteiger charge is -2.08. The van der Waals surface area contributed by atoms with Crippen molar-refractivity contribution in [1.82, 2.24) is 4.98 Å². The van der Waals surface area contributed by atoms with Crippen molar-refractivity contribution in [2.75, 3.05) is 6.61 Å². The summed E-state index contributed by atoms with van der Waals surface area (Å²) >= 11 is 5.89. The molecule has 2 heterocycles. The van der Waals surface area contributed by atoms with Gasteiger partial charge < -0.3 is 10.1 Å². The number of benzene rings is 3. The Morgan fingerprint density at radius 1 is 1.03 bits per heavy atom. The van der Waals surface area contributed by atoms with Gasteiger partial charge in [-0.2, -0.15) is 0 Å². The normalized spacial score (nSPS) is 11.5. The number of ketones is 1. The molecule has 0 spiro atoms. The molecule has 5 rings (SSSR count). The smallest absolute Gasteiger partial charge is 0.230 e. The standard InChI is InChI=1S/C25H19ClN2O3/c1-14-21-12-28(31-13-23(30)16-3-5-17(26)6-4-16)10-9-19(21)15(2)25-24(14)20-11-18(29)7-8-22(20)27-25/h3-12,29H,13H2,1-2H3/p+1. The predicted octanol–water partition coefficient (Wildman–Crippen LogP) is 5.05. The van der Waals surface area contributed by atoms with Crippen molar-refractivity contribution in [2.45, 2.75) is 13.8 Å². The molecule has 6 heteroatoms. The van der Waals surface area contributed by atoms with Crippen molar-refractivity contribution >= 4 is 50.0 Å². The largest absolute Gasteiger partial charge is 0.508 e. The lowest BCUT2D eigenvalue weighted by atomic mass is 9.97. The number of aryl methyl sites for hydroxylation is 2. The van der Waals surface area contributed by atoms with E-state index in [1.165, 1.54) is 0 Å². The maximum atomic E-state index is 12.4. The zero-order valence-corrected chi connectivity index (χ0v) is 17.8. The molecular formula is C25H20ClN2O3+. The zero-order valence-electron chi connectivity index (χ0n) is 17.1. The van der Waals surface area contributed by atoms with Crippen LogP contribution in [0.1, 0.15) is 21.5 Å². The number of halogens is 1. The monoisotopic (exact) mass is 431 g/mol. The van der Waals surface area contributed by atoms with Gasteiger partial charge in [0.1, 0.15) is 5.75 Å². The molecule has 0 fully saturated rings. The fourth-order valence-electron chi connectivity index (χ4n) is 4.16. The third-order valence-electron chi connectivity index (χ3n) is 5.79. The first-order valence-electron chi connectivity index (χ1n) is 9.93. The first kappa shape index (κ1) is 19.4. The summed E-state index contributed by atoms with van der Waals surface area (Å²) in [5.74, 6) is 0.109. The van der Waals surface area contributed by atoms with E-state index >= 15 is 0 Å². The SMILES string of the molecule is Cc1c2cc[n+](OCC(=O)c3ccc(Cl)cc3)cc2c(C)c2c1[nH]c1ccc(O)cc12. The first-order chi connectivity index (χ1) is 14.9. The van der Waals surface area contributed by atoms with Crippen LogP contribution in [0.3, 0.4) is 0 Å². The van der Waals surface area contributed by atoms with E-state index in [4.69, 9.17) is 16.4 Å². The van der Waals surface area contributed by atoms with E-state index in [0.717, 1.165) is 43.7 Å². The molecule has 0 bridgehead atoms. The molecule has 5 nitrogen and oxygen atoms in total. The van der Waals surface area contributed by atoms with Crippen molar-refractivity contribution in [3.05, 3.63) is 82.6 Å². The summed E-state index contributed by atoms with van der Waals surface area (Å²) in [5, 5.41) is 14.7. The van der Waals surface area contributed by atoms with E-state index in [0.29, 0.717) is 10.6 Å². The third-order valence-corrected chi connectivity index (χ3v) is 6.04. The Bertz CT molecular complexity index is 1490. The van der Waals surface area contributed by atoms with Crippen LogP contribution < -0.4 is 9.57 Å². The van der Waals surface area contributed by atoms with Gasteiger partial charge in [-0.1, -0.05) is 11.6 Å². The molecular weight excluding hydrogens is 412 g/mol. The average molecular weight is 432 g/mol. The van der Waals surface area contributed by atoms with Gasteiger partial charge in [-0.15, -0.1) is 0 Å². The van der Waals surface area contributed by atoms with Gasteiger partial charge in [0.05, 0.1) is 10.9 Å². The molecule has 3 aromatic carbocycles. The highest BCUT2D eigenvalue weighted by atomic mass is 35.5. The summed E-state index contributed by atoms with van der Waals surface area (Å²) in [6.45, 7) is 4.05. The van der Waals surface area contributed by atoms with Gasteiger partial charge in [0.25, 0.3) is 0 Å². The molecule has 5 aromatic rings. The highest BCUT2D eigenvalue weighted by Crippen LogP contribution is 2.37. The van der Waals surface area contributed by atoms with E-state index < -0.39 is 0 Å². The highest BCUT2D eigenvalue weighted by molar-refractivity contribution is 6.30. The average Bonchev–Trinajstić information content (AvgIpc) is 3.15. The number of nitrogens with zero attached hydrogens (tertiary/aromatic N) is 1. The number of phenols is 1. The third kappa shape index (κ3) is 3.27. The molecule has 0 radical (unpaired) electrons. The number of aromatic nitrogens is 2. The maximum Gasteiger partial charge on any atom is 0.230 e. The Balaban J connectivity index is 1.55. The minimum atomic E-state index is -0.125. The van der Waals surface area contributed by atoms with E-state index in [-0.39, 0.29) is 18.1 Å². The van der Waals surface area contributed by atoms with Gasteiger partial charge in [-0.25, -0.2) is 0 Å². The maximum absolute atomic E-state index is 12.4. The molecule has 2 N–H and O–H groups in total. The number of carbonyl (C=O) groups is 1. The van der Waals surface area contributed by atoms with Crippen LogP contribution in [0, 0.1) is 13.8 Å². The van der Waals surface area contributed by atoms with Crippen molar-refractivity contribution in [2.24, 2.45) is 0 Å². The van der Waals surface area contributed by atoms with Gasteiger partial charge in [0.2, 0.25) is 24.8 Å². The number of H-pyrrole nitrogens is 1. The highest BCUT2D eigenvalue weighted by Gasteiger charge is 2.18. The van der Waals surface area contributed by atoms with Crippen LogP contribution in [0.15, 0.2) is 60.9 Å².